The molecule has 1 atom stereocenters. The van der Waals surface area contributed by atoms with E-state index < -0.39 is 11.6 Å². The number of aromatic nitrogens is 1. The van der Waals surface area contributed by atoms with Crippen LogP contribution in [0.2, 0.25) is 0 Å². The van der Waals surface area contributed by atoms with E-state index in [4.69, 9.17) is 11.6 Å². The van der Waals surface area contributed by atoms with Gasteiger partial charge in [-0.3, -0.25) is 16.3 Å². The topological polar surface area (TPSA) is 77.0 Å². The number of nitrogen functional groups attached to an aromatic ring is 1. The first-order valence-corrected chi connectivity index (χ1v) is 5.70. The summed E-state index contributed by atoms with van der Waals surface area (Å²) in [6, 6.07) is 4.63. The van der Waals surface area contributed by atoms with Crippen molar-refractivity contribution in [1.29, 1.82) is 0 Å². The molecule has 0 spiro atoms. The maximum atomic E-state index is 13.1. The number of rotatable bonds is 4. The Kier molecular flexibility index (Phi) is 4.03. The van der Waals surface area contributed by atoms with Crippen LogP contribution in [-0.4, -0.2) is 4.98 Å². The van der Waals surface area contributed by atoms with Crippen LogP contribution >= 0.6 is 0 Å². The minimum atomic E-state index is -0.620. The lowest BCUT2D eigenvalue weighted by Gasteiger charge is -2.17. The predicted molar refractivity (Wildman–Crippen MR) is 68.8 cm³/mol. The summed E-state index contributed by atoms with van der Waals surface area (Å²) in [5.41, 5.74) is 10.1. The van der Waals surface area contributed by atoms with Gasteiger partial charge in [0.1, 0.15) is 11.6 Å². The molecule has 6 heteroatoms. The van der Waals surface area contributed by atoms with Gasteiger partial charge in [-0.2, -0.15) is 0 Å². The van der Waals surface area contributed by atoms with Gasteiger partial charge >= 0.3 is 0 Å². The summed E-state index contributed by atoms with van der Waals surface area (Å²) >= 11 is 0. The minimum absolute atomic E-state index is 0.307. The van der Waals surface area contributed by atoms with Crippen LogP contribution in [0, 0.1) is 11.6 Å². The summed E-state index contributed by atoms with van der Waals surface area (Å²) in [6.45, 7) is 0. The summed E-state index contributed by atoms with van der Waals surface area (Å²) in [7, 11) is 0. The maximum Gasteiger partial charge on any atom is 0.126 e. The van der Waals surface area contributed by atoms with Gasteiger partial charge < -0.3 is 5.73 Å². The highest BCUT2D eigenvalue weighted by atomic mass is 19.1. The SMILES string of the molecule is NNC(Cc1cc(F)cc(F)c1)c1cnccc1N. The van der Waals surface area contributed by atoms with Gasteiger partial charge in [-0.1, -0.05) is 0 Å². The van der Waals surface area contributed by atoms with Crippen molar-refractivity contribution in [2.75, 3.05) is 5.73 Å². The normalized spacial score (nSPS) is 12.4. The number of pyridine rings is 1. The van der Waals surface area contributed by atoms with Crippen LogP contribution in [0.15, 0.2) is 36.7 Å². The van der Waals surface area contributed by atoms with Gasteiger partial charge in [-0.15, -0.1) is 0 Å². The molecule has 0 aliphatic heterocycles. The number of anilines is 1. The monoisotopic (exact) mass is 264 g/mol. The number of halogens is 2. The van der Waals surface area contributed by atoms with E-state index in [0.717, 1.165) is 6.07 Å². The second kappa shape index (κ2) is 5.73. The molecular weight excluding hydrogens is 250 g/mol. The number of nitrogens with zero attached hydrogens (tertiary/aromatic N) is 1. The van der Waals surface area contributed by atoms with Crippen molar-refractivity contribution in [3.63, 3.8) is 0 Å². The Morgan fingerprint density at radius 1 is 1.21 bits per heavy atom. The van der Waals surface area contributed by atoms with E-state index in [1.165, 1.54) is 12.1 Å². The summed E-state index contributed by atoms with van der Waals surface area (Å²) in [6.07, 6.45) is 3.45. The van der Waals surface area contributed by atoms with E-state index >= 15 is 0 Å². The average molecular weight is 264 g/mol. The third-order valence-corrected chi connectivity index (χ3v) is 2.83. The van der Waals surface area contributed by atoms with E-state index in [-0.39, 0.29) is 6.04 Å². The van der Waals surface area contributed by atoms with Crippen LogP contribution in [0.1, 0.15) is 17.2 Å². The highest BCUT2D eigenvalue weighted by Gasteiger charge is 2.14. The molecule has 4 nitrogen and oxygen atoms in total. The Morgan fingerprint density at radius 3 is 2.47 bits per heavy atom. The Balaban J connectivity index is 2.26. The lowest BCUT2D eigenvalue weighted by atomic mass is 9.99. The molecule has 1 unspecified atom stereocenters. The lowest BCUT2D eigenvalue weighted by molar-refractivity contribution is 0.540. The second-order valence-corrected chi connectivity index (χ2v) is 4.21. The molecule has 0 aliphatic rings. The van der Waals surface area contributed by atoms with E-state index in [0.29, 0.717) is 23.2 Å². The maximum absolute atomic E-state index is 13.1. The second-order valence-electron chi connectivity index (χ2n) is 4.21. The van der Waals surface area contributed by atoms with Gasteiger partial charge in [0.25, 0.3) is 0 Å². The molecular formula is C13H14F2N4. The van der Waals surface area contributed by atoms with E-state index in [1.54, 1.807) is 18.5 Å². The first-order valence-electron chi connectivity index (χ1n) is 5.70. The first-order chi connectivity index (χ1) is 9.10. The van der Waals surface area contributed by atoms with E-state index in [2.05, 4.69) is 10.4 Å². The predicted octanol–water partition coefficient (Wildman–Crippen LogP) is 1.69. The zero-order valence-electron chi connectivity index (χ0n) is 10.1. The summed E-state index contributed by atoms with van der Waals surface area (Å²) in [5.74, 6) is 4.24. The molecule has 1 aromatic carbocycles. The Labute approximate surface area is 109 Å². The van der Waals surface area contributed by atoms with Crippen molar-refractivity contribution in [1.82, 2.24) is 10.4 Å². The van der Waals surface area contributed by atoms with Gasteiger partial charge in [0.15, 0.2) is 0 Å². The van der Waals surface area contributed by atoms with Crippen LogP contribution in [0.3, 0.4) is 0 Å². The van der Waals surface area contributed by atoms with Gasteiger partial charge in [-0.25, -0.2) is 8.78 Å². The molecule has 0 fully saturated rings. The highest BCUT2D eigenvalue weighted by Crippen LogP contribution is 2.22. The lowest BCUT2D eigenvalue weighted by Crippen LogP contribution is -2.30. The van der Waals surface area contributed by atoms with Gasteiger partial charge in [0.2, 0.25) is 0 Å². The molecule has 1 heterocycles. The van der Waals surface area contributed by atoms with Crippen LogP contribution in [0.25, 0.3) is 0 Å². The van der Waals surface area contributed by atoms with Gasteiger partial charge in [0.05, 0.1) is 6.04 Å². The minimum Gasteiger partial charge on any atom is -0.398 e. The van der Waals surface area contributed by atoms with Crippen molar-refractivity contribution >= 4 is 5.69 Å². The fourth-order valence-electron chi connectivity index (χ4n) is 1.93. The number of hydrazine groups is 1. The number of nitrogens with two attached hydrogens (primary N) is 2. The standard InChI is InChI=1S/C13H14F2N4/c14-9-3-8(4-10(15)6-9)5-13(19-17)11-7-18-2-1-12(11)16/h1-4,6-7,13,19H,5,17H2,(H2,16,18). The molecule has 0 saturated carbocycles. The van der Waals surface area contributed by atoms with E-state index in [1.807, 2.05) is 0 Å². The van der Waals surface area contributed by atoms with Crippen LogP contribution in [-0.2, 0) is 6.42 Å². The van der Waals surface area contributed by atoms with Crippen LogP contribution < -0.4 is 17.0 Å². The molecule has 0 bridgehead atoms. The zero-order chi connectivity index (χ0) is 13.8. The summed E-state index contributed by atoms with van der Waals surface area (Å²) < 4.78 is 26.3. The van der Waals surface area contributed by atoms with Crippen molar-refractivity contribution < 1.29 is 8.78 Å². The number of hydrogen-bond donors (Lipinski definition) is 3. The Morgan fingerprint density at radius 2 is 1.89 bits per heavy atom. The average Bonchev–Trinajstić information content (AvgIpc) is 2.36. The third-order valence-electron chi connectivity index (χ3n) is 2.83. The number of nitrogens with one attached hydrogen (secondary N) is 1. The molecule has 100 valence electrons. The first kappa shape index (κ1) is 13.4. The molecule has 19 heavy (non-hydrogen) atoms. The van der Waals surface area contributed by atoms with Crippen molar-refractivity contribution in [3.05, 3.63) is 59.4 Å². The van der Waals surface area contributed by atoms with Gasteiger partial charge in [0, 0.05) is 29.7 Å². The molecule has 2 rings (SSSR count). The number of benzene rings is 1. The zero-order valence-corrected chi connectivity index (χ0v) is 10.1. The van der Waals surface area contributed by atoms with Crippen LogP contribution in [0.4, 0.5) is 14.5 Å². The van der Waals surface area contributed by atoms with Crippen LogP contribution in [0.5, 0.6) is 0 Å². The largest absolute Gasteiger partial charge is 0.398 e. The fraction of sp³-hybridized carbons (Fsp3) is 0.154. The quantitative estimate of drug-likeness (QED) is 0.580. The fourth-order valence-corrected chi connectivity index (χ4v) is 1.93. The smallest absolute Gasteiger partial charge is 0.126 e. The molecule has 0 radical (unpaired) electrons. The molecule has 1 aromatic heterocycles. The molecule has 0 aliphatic carbocycles. The molecule has 5 N–H and O–H groups in total. The third kappa shape index (κ3) is 3.24. The summed E-state index contributed by atoms with van der Waals surface area (Å²) in [4.78, 5) is 3.97. The van der Waals surface area contributed by atoms with Crippen molar-refractivity contribution in [3.8, 4) is 0 Å². The van der Waals surface area contributed by atoms with Crippen molar-refractivity contribution in [2.45, 2.75) is 12.5 Å². The Bertz CT molecular complexity index is 554. The van der Waals surface area contributed by atoms with Gasteiger partial charge in [-0.05, 0) is 30.2 Å². The highest BCUT2D eigenvalue weighted by molar-refractivity contribution is 5.46. The molecule has 0 amide bonds. The molecule has 0 saturated heterocycles. The summed E-state index contributed by atoms with van der Waals surface area (Å²) in [5, 5.41) is 0. The Hall–Kier alpha value is -2.05. The van der Waals surface area contributed by atoms with Crippen molar-refractivity contribution in [2.24, 2.45) is 5.84 Å². The molecule has 2 aromatic rings. The van der Waals surface area contributed by atoms with E-state index in [9.17, 15) is 8.78 Å². The number of hydrogen-bond acceptors (Lipinski definition) is 4.